The Labute approximate surface area is 140 Å². The summed E-state index contributed by atoms with van der Waals surface area (Å²) in [5.74, 6) is 0.230. The van der Waals surface area contributed by atoms with Gasteiger partial charge in [0.15, 0.2) is 0 Å². The van der Waals surface area contributed by atoms with Gasteiger partial charge in [-0.3, -0.25) is 14.9 Å². The van der Waals surface area contributed by atoms with Crippen molar-refractivity contribution in [2.75, 3.05) is 6.54 Å². The van der Waals surface area contributed by atoms with Crippen molar-refractivity contribution < 1.29 is 9.72 Å². The maximum Gasteiger partial charge on any atom is 0.269 e. The quantitative estimate of drug-likeness (QED) is 0.267. The molecule has 8 heteroatoms. The van der Waals surface area contributed by atoms with Crippen LogP contribution in [0.1, 0.15) is 48.9 Å². The molecule has 128 valence electrons. The van der Waals surface area contributed by atoms with Gasteiger partial charge in [-0.1, -0.05) is 37.2 Å². The van der Waals surface area contributed by atoms with Gasteiger partial charge >= 0.3 is 0 Å². The Morgan fingerprint density at radius 2 is 2.00 bits per heavy atom. The van der Waals surface area contributed by atoms with Crippen molar-refractivity contribution in [3.63, 3.8) is 0 Å². The highest BCUT2D eigenvalue weighted by atomic mass is 16.6. The molecule has 0 unspecified atom stereocenters. The van der Waals surface area contributed by atoms with Gasteiger partial charge in [0, 0.05) is 35.2 Å². The molecule has 1 atom stereocenters. The summed E-state index contributed by atoms with van der Waals surface area (Å²) in [5.41, 5.74) is 8.84. The van der Waals surface area contributed by atoms with Crippen LogP contribution in [0.3, 0.4) is 0 Å². The molecule has 1 fully saturated rings. The topological polar surface area (TPSA) is 121 Å². The normalized spacial score (nSPS) is 16.0. The Balaban J connectivity index is 1.99. The molecule has 0 bridgehead atoms. The number of rotatable bonds is 7. The summed E-state index contributed by atoms with van der Waals surface area (Å²) >= 11 is 0. The van der Waals surface area contributed by atoms with Crippen molar-refractivity contribution in [2.24, 2.45) is 11.0 Å². The van der Waals surface area contributed by atoms with Crippen LogP contribution in [0.5, 0.6) is 0 Å². The standard InChI is InChI=1S/C16H21N5O3/c17-20-18-11-14(10-12-4-2-1-3-5-12)19-16(22)13-6-8-15(9-7-13)21(23)24/h6-9,12,14H,1-5,10-11H2,(H,19,22)/t14-/m1/s1. The van der Waals surface area contributed by atoms with E-state index >= 15 is 0 Å². The number of nitro benzene ring substituents is 1. The van der Waals surface area contributed by atoms with Crippen LogP contribution >= 0.6 is 0 Å². The van der Waals surface area contributed by atoms with Crippen molar-refractivity contribution in [3.05, 3.63) is 50.4 Å². The molecule has 1 aliphatic carbocycles. The van der Waals surface area contributed by atoms with Crippen LogP contribution in [-0.4, -0.2) is 23.4 Å². The monoisotopic (exact) mass is 331 g/mol. The summed E-state index contributed by atoms with van der Waals surface area (Å²) in [6.45, 7) is 0.214. The van der Waals surface area contributed by atoms with E-state index in [1.54, 1.807) is 0 Å². The molecular formula is C16H21N5O3. The number of nitro groups is 1. The number of amides is 1. The predicted molar refractivity (Wildman–Crippen MR) is 89.6 cm³/mol. The third-order valence-electron chi connectivity index (χ3n) is 4.38. The Hall–Kier alpha value is -2.60. The summed E-state index contributed by atoms with van der Waals surface area (Å²) in [5, 5.41) is 17.1. The number of carbonyl (C=O) groups excluding carboxylic acids is 1. The lowest BCUT2D eigenvalue weighted by molar-refractivity contribution is -0.384. The van der Waals surface area contributed by atoms with E-state index in [0.717, 1.165) is 19.3 Å². The second-order valence-electron chi connectivity index (χ2n) is 6.13. The van der Waals surface area contributed by atoms with Gasteiger partial charge in [-0.15, -0.1) is 0 Å². The van der Waals surface area contributed by atoms with E-state index in [-0.39, 0.29) is 24.2 Å². The van der Waals surface area contributed by atoms with Gasteiger partial charge in [-0.2, -0.15) is 0 Å². The first kappa shape index (κ1) is 17.7. The fourth-order valence-corrected chi connectivity index (χ4v) is 3.14. The summed E-state index contributed by atoms with van der Waals surface area (Å²) in [6.07, 6.45) is 6.73. The second kappa shape index (κ2) is 8.88. The first-order valence-corrected chi connectivity index (χ1v) is 8.16. The number of hydrogen-bond donors (Lipinski definition) is 1. The van der Waals surface area contributed by atoms with Gasteiger partial charge in [-0.05, 0) is 30.0 Å². The van der Waals surface area contributed by atoms with Crippen LogP contribution < -0.4 is 5.32 Å². The van der Waals surface area contributed by atoms with E-state index in [1.807, 2.05) is 0 Å². The number of nitrogens with zero attached hydrogens (tertiary/aromatic N) is 4. The zero-order chi connectivity index (χ0) is 17.4. The molecular weight excluding hydrogens is 310 g/mol. The average Bonchev–Trinajstić information content (AvgIpc) is 2.60. The lowest BCUT2D eigenvalue weighted by atomic mass is 9.85. The average molecular weight is 331 g/mol. The van der Waals surface area contributed by atoms with Gasteiger partial charge in [0.1, 0.15) is 0 Å². The van der Waals surface area contributed by atoms with Crippen molar-refractivity contribution >= 4 is 11.6 Å². The van der Waals surface area contributed by atoms with E-state index < -0.39 is 4.92 Å². The minimum atomic E-state index is -0.505. The lowest BCUT2D eigenvalue weighted by Crippen LogP contribution is -2.38. The molecule has 0 radical (unpaired) electrons. The molecule has 1 aliphatic rings. The molecule has 2 rings (SSSR count). The van der Waals surface area contributed by atoms with Crippen LogP contribution in [0.15, 0.2) is 29.4 Å². The molecule has 1 saturated carbocycles. The molecule has 0 aromatic heterocycles. The minimum Gasteiger partial charge on any atom is -0.349 e. The van der Waals surface area contributed by atoms with E-state index in [2.05, 4.69) is 15.3 Å². The first-order valence-electron chi connectivity index (χ1n) is 8.16. The highest BCUT2D eigenvalue weighted by Crippen LogP contribution is 2.27. The first-order chi connectivity index (χ1) is 11.6. The van der Waals surface area contributed by atoms with Gasteiger partial charge in [0.2, 0.25) is 0 Å². The third-order valence-corrected chi connectivity index (χ3v) is 4.38. The summed E-state index contributed by atoms with van der Waals surface area (Å²) in [6, 6.07) is 5.25. The van der Waals surface area contributed by atoms with Crippen LogP contribution in [0, 0.1) is 16.0 Å². The van der Waals surface area contributed by atoms with Crippen molar-refractivity contribution in [1.29, 1.82) is 0 Å². The third kappa shape index (κ3) is 5.24. The summed E-state index contributed by atoms with van der Waals surface area (Å²) < 4.78 is 0. The minimum absolute atomic E-state index is 0.0561. The van der Waals surface area contributed by atoms with Gasteiger partial charge < -0.3 is 5.32 Å². The number of azide groups is 1. The molecule has 1 aromatic rings. The number of non-ortho nitro benzene ring substituents is 1. The molecule has 1 amide bonds. The fourth-order valence-electron chi connectivity index (χ4n) is 3.14. The van der Waals surface area contributed by atoms with E-state index in [0.29, 0.717) is 11.5 Å². The molecule has 0 spiro atoms. The maximum atomic E-state index is 12.3. The Morgan fingerprint density at radius 3 is 2.58 bits per heavy atom. The van der Waals surface area contributed by atoms with Crippen LogP contribution in [0.2, 0.25) is 0 Å². The number of hydrogen-bond acceptors (Lipinski definition) is 4. The zero-order valence-electron chi connectivity index (χ0n) is 13.4. The van der Waals surface area contributed by atoms with Crippen LogP contribution in [0.25, 0.3) is 10.4 Å². The SMILES string of the molecule is [N-]=[N+]=NC[C@@H](CC1CCCCC1)NC(=O)c1ccc([N+](=O)[O-])cc1. The van der Waals surface area contributed by atoms with E-state index in [4.69, 9.17) is 5.53 Å². The molecule has 0 aliphatic heterocycles. The van der Waals surface area contributed by atoms with Crippen LogP contribution in [-0.2, 0) is 0 Å². The van der Waals surface area contributed by atoms with Crippen molar-refractivity contribution in [3.8, 4) is 0 Å². The largest absolute Gasteiger partial charge is 0.349 e. The molecule has 1 aromatic carbocycles. The molecule has 8 nitrogen and oxygen atoms in total. The zero-order valence-corrected chi connectivity index (χ0v) is 13.4. The number of nitrogens with one attached hydrogen (secondary N) is 1. The summed E-state index contributed by atoms with van der Waals surface area (Å²) in [7, 11) is 0. The number of carbonyl (C=O) groups is 1. The summed E-state index contributed by atoms with van der Waals surface area (Å²) in [4.78, 5) is 25.3. The molecule has 24 heavy (non-hydrogen) atoms. The number of benzene rings is 1. The van der Waals surface area contributed by atoms with Crippen molar-refractivity contribution in [1.82, 2.24) is 5.32 Å². The fraction of sp³-hybridized carbons (Fsp3) is 0.562. The second-order valence-corrected chi connectivity index (χ2v) is 6.13. The molecule has 0 saturated heterocycles. The van der Waals surface area contributed by atoms with E-state index in [1.165, 1.54) is 43.5 Å². The lowest BCUT2D eigenvalue weighted by Gasteiger charge is -2.26. The Morgan fingerprint density at radius 1 is 1.33 bits per heavy atom. The molecule has 0 heterocycles. The highest BCUT2D eigenvalue weighted by molar-refractivity contribution is 5.94. The van der Waals surface area contributed by atoms with Gasteiger partial charge in [0.25, 0.3) is 11.6 Å². The highest BCUT2D eigenvalue weighted by Gasteiger charge is 2.21. The smallest absolute Gasteiger partial charge is 0.269 e. The molecule has 1 N–H and O–H groups in total. The van der Waals surface area contributed by atoms with Crippen LogP contribution in [0.4, 0.5) is 5.69 Å². The van der Waals surface area contributed by atoms with E-state index in [9.17, 15) is 14.9 Å². The Kier molecular flexibility index (Phi) is 6.57. The Bertz CT molecular complexity index is 619. The predicted octanol–water partition coefficient (Wildman–Crippen LogP) is 3.97. The maximum absolute atomic E-state index is 12.3. The van der Waals surface area contributed by atoms with Gasteiger partial charge in [-0.25, -0.2) is 0 Å². The van der Waals surface area contributed by atoms with Gasteiger partial charge in [0.05, 0.1) is 4.92 Å². The van der Waals surface area contributed by atoms with Crippen molar-refractivity contribution in [2.45, 2.75) is 44.6 Å².